The summed E-state index contributed by atoms with van der Waals surface area (Å²) in [6.45, 7) is 4.24. The van der Waals surface area contributed by atoms with Crippen LogP contribution in [0.2, 0.25) is 0 Å². The third-order valence-corrected chi connectivity index (χ3v) is 1.84. The fourth-order valence-corrected chi connectivity index (χ4v) is 0.943. The smallest absolute Gasteiger partial charge is 0.119 e. The minimum Gasteiger partial charge on any atom is -0.489 e. The van der Waals surface area contributed by atoms with Crippen LogP contribution in [0.15, 0.2) is 35.9 Å². The van der Waals surface area contributed by atoms with Gasteiger partial charge in [-0.15, -0.1) is 0 Å². The van der Waals surface area contributed by atoms with E-state index < -0.39 is 0 Å². The SMILES string of the molecule is CC(C#N)=CCOc1ccc(C)cc1. The number of nitriles is 1. The Bertz CT molecular complexity index is 357. The number of rotatable bonds is 3. The van der Waals surface area contributed by atoms with Gasteiger partial charge in [-0.05, 0) is 32.1 Å². The molecule has 0 aliphatic carbocycles. The number of aryl methyl sites for hydroxylation is 1. The highest BCUT2D eigenvalue weighted by Crippen LogP contribution is 2.11. The van der Waals surface area contributed by atoms with Gasteiger partial charge in [-0.1, -0.05) is 17.7 Å². The molecule has 0 fully saturated rings. The van der Waals surface area contributed by atoms with Gasteiger partial charge in [0.15, 0.2) is 0 Å². The molecule has 72 valence electrons. The first kappa shape index (κ1) is 10.3. The van der Waals surface area contributed by atoms with Gasteiger partial charge < -0.3 is 4.74 Å². The summed E-state index contributed by atoms with van der Waals surface area (Å²) in [6.07, 6.45) is 1.76. The minimum absolute atomic E-state index is 0.447. The zero-order valence-electron chi connectivity index (χ0n) is 8.45. The van der Waals surface area contributed by atoms with E-state index in [4.69, 9.17) is 10.00 Å². The van der Waals surface area contributed by atoms with E-state index in [0.29, 0.717) is 12.2 Å². The number of nitrogens with zero attached hydrogens (tertiary/aromatic N) is 1. The highest BCUT2D eigenvalue weighted by molar-refractivity contribution is 5.26. The maximum atomic E-state index is 8.49. The van der Waals surface area contributed by atoms with Gasteiger partial charge >= 0.3 is 0 Å². The Morgan fingerprint density at radius 3 is 2.64 bits per heavy atom. The molecule has 0 spiro atoms. The van der Waals surface area contributed by atoms with Crippen molar-refractivity contribution < 1.29 is 4.74 Å². The van der Waals surface area contributed by atoms with Crippen molar-refractivity contribution in [2.45, 2.75) is 13.8 Å². The number of ether oxygens (including phenoxy) is 1. The summed E-state index contributed by atoms with van der Waals surface area (Å²) < 4.78 is 5.41. The fourth-order valence-electron chi connectivity index (χ4n) is 0.943. The first-order valence-corrected chi connectivity index (χ1v) is 4.48. The van der Waals surface area contributed by atoms with Crippen molar-refractivity contribution in [1.82, 2.24) is 0 Å². The van der Waals surface area contributed by atoms with Crippen LogP contribution in [0.4, 0.5) is 0 Å². The molecule has 0 unspecified atom stereocenters. The number of hydrogen-bond acceptors (Lipinski definition) is 2. The molecule has 0 heterocycles. The van der Waals surface area contributed by atoms with Crippen molar-refractivity contribution in [3.63, 3.8) is 0 Å². The lowest BCUT2D eigenvalue weighted by Crippen LogP contribution is -1.93. The van der Waals surface area contributed by atoms with Crippen LogP contribution in [0.1, 0.15) is 12.5 Å². The summed E-state index contributed by atoms with van der Waals surface area (Å²) in [4.78, 5) is 0. The van der Waals surface area contributed by atoms with Gasteiger partial charge in [0.1, 0.15) is 12.4 Å². The number of allylic oxidation sites excluding steroid dienone is 1. The van der Waals surface area contributed by atoms with Crippen LogP contribution >= 0.6 is 0 Å². The lowest BCUT2D eigenvalue weighted by molar-refractivity contribution is 0.362. The number of benzene rings is 1. The quantitative estimate of drug-likeness (QED) is 0.682. The molecule has 14 heavy (non-hydrogen) atoms. The largest absolute Gasteiger partial charge is 0.489 e. The van der Waals surface area contributed by atoms with E-state index in [1.54, 1.807) is 13.0 Å². The molecule has 0 aliphatic heterocycles. The minimum atomic E-state index is 0.447. The van der Waals surface area contributed by atoms with E-state index in [0.717, 1.165) is 5.75 Å². The summed E-state index contributed by atoms with van der Waals surface area (Å²) >= 11 is 0. The molecular formula is C12H13NO. The van der Waals surface area contributed by atoms with Crippen molar-refractivity contribution in [2.75, 3.05) is 6.61 Å². The predicted octanol–water partition coefficient (Wildman–Crippen LogP) is 2.84. The fraction of sp³-hybridized carbons (Fsp3) is 0.250. The molecule has 0 saturated heterocycles. The van der Waals surface area contributed by atoms with Gasteiger partial charge in [0.2, 0.25) is 0 Å². The van der Waals surface area contributed by atoms with Crippen molar-refractivity contribution >= 4 is 0 Å². The zero-order chi connectivity index (χ0) is 10.4. The topological polar surface area (TPSA) is 33.0 Å². The Morgan fingerprint density at radius 1 is 1.43 bits per heavy atom. The first-order valence-electron chi connectivity index (χ1n) is 4.48. The standard InChI is InChI=1S/C12H13NO/c1-10-3-5-12(6-4-10)14-8-7-11(2)9-13/h3-7H,8H2,1-2H3. The highest BCUT2D eigenvalue weighted by atomic mass is 16.5. The van der Waals surface area contributed by atoms with Crippen molar-refractivity contribution in [2.24, 2.45) is 0 Å². The molecule has 0 atom stereocenters. The predicted molar refractivity (Wildman–Crippen MR) is 56.0 cm³/mol. The molecule has 0 bridgehead atoms. The number of hydrogen-bond donors (Lipinski definition) is 0. The monoisotopic (exact) mass is 187 g/mol. The molecule has 1 aromatic rings. The lowest BCUT2D eigenvalue weighted by atomic mass is 10.2. The Hall–Kier alpha value is -1.75. The molecule has 0 amide bonds. The molecule has 2 heteroatoms. The molecule has 1 aromatic carbocycles. The molecule has 0 radical (unpaired) electrons. The first-order chi connectivity index (χ1) is 6.72. The average Bonchev–Trinajstić information content (AvgIpc) is 2.21. The van der Waals surface area contributed by atoms with Gasteiger partial charge in [-0.2, -0.15) is 5.26 Å². The Labute approximate surface area is 84.4 Å². The Morgan fingerprint density at radius 2 is 2.07 bits per heavy atom. The highest BCUT2D eigenvalue weighted by Gasteiger charge is 1.91. The second-order valence-corrected chi connectivity index (χ2v) is 3.12. The summed E-state index contributed by atoms with van der Waals surface area (Å²) in [5.74, 6) is 0.831. The Balaban J connectivity index is 2.47. The summed E-state index contributed by atoms with van der Waals surface area (Å²) in [7, 11) is 0. The van der Waals surface area contributed by atoms with Crippen molar-refractivity contribution in [1.29, 1.82) is 5.26 Å². The van der Waals surface area contributed by atoms with Crippen LogP contribution in [0.5, 0.6) is 5.75 Å². The van der Waals surface area contributed by atoms with Gasteiger partial charge in [0.05, 0.1) is 6.07 Å². The van der Waals surface area contributed by atoms with E-state index in [1.165, 1.54) is 5.56 Å². The van der Waals surface area contributed by atoms with Crippen LogP contribution in [-0.4, -0.2) is 6.61 Å². The van der Waals surface area contributed by atoms with Gasteiger partial charge in [-0.3, -0.25) is 0 Å². The van der Waals surface area contributed by atoms with E-state index in [9.17, 15) is 0 Å². The lowest BCUT2D eigenvalue weighted by Gasteiger charge is -2.02. The molecule has 1 rings (SSSR count). The van der Waals surface area contributed by atoms with Crippen LogP contribution in [0.3, 0.4) is 0 Å². The van der Waals surface area contributed by atoms with Gasteiger partial charge in [0, 0.05) is 5.57 Å². The molecule has 0 aliphatic rings. The summed E-state index contributed by atoms with van der Waals surface area (Å²) in [5, 5.41) is 8.49. The van der Waals surface area contributed by atoms with Crippen LogP contribution < -0.4 is 4.74 Å². The van der Waals surface area contributed by atoms with E-state index >= 15 is 0 Å². The average molecular weight is 187 g/mol. The van der Waals surface area contributed by atoms with Crippen LogP contribution in [0.25, 0.3) is 0 Å². The van der Waals surface area contributed by atoms with E-state index in [1.807, 2.05) is 37.3 Å². The van der Waals surface area contributed by atoms with Crippen LogP contribution in [-0.2, 0) is 0 Å². The molecule has 2 nitrogen and oxygen atoms in total. The Kier molecular flexibility index (Phi) is 3.75. The third-order valence-electron chi connectivity index (χ3n) is 1.84. The summed E-state index contributed by atoms with van der Waals surface area (Å²) in [5.41, 5.74) is 1.89. The van der Waals surface area contributed by atoms with Gasteiger partial charge in [-0.25, -0.2) is 0 Å². The van der Waals surface area contributed by atoms with E-state index in [2.05, 4.69) is 0 Å². The molecule has 0 aromatic heterocycles. The maximum Gasteiger partial charge on any atom is 0.119 e. The summed E-state index contributed by atoms with van der Waals surface area (Å²) in [6, 6.07) is 9.88. The second kappa shape index (κ2) is 5.08. The molecular weight excluding hydrogens is 174 g/mol. The second-order valence-electron chi connectivity index (χ2n) is 3.12. The molecule has 0 N–H and O–H groups in total. The van der Waals surface area contributed by atoms with E-state index in [-0.39, 0.29) is 0 Å². The van der Waals surface area contributed by atoms with Crippen molar-refractivity contribution in [3.8, 4) is 11.8 Å². The normalized spacial score (nSPS) is 10.8. The maximum absolute atomic E-state index is 8.49. The van der Waals surface area contributed by atoms with Crippen LogP contribution in [0, 0.1) is 18.3 Å². The zero-order valence-corrected chi connectivity index (χ0v) is 8.45. The van der Waals surface area contributed by atoms with Crippen molar-refractivity contribution in [3.05, 3.63) is 41.5 Å². The molecule has 0 saturated carbocycles. The van der Waals surface area contributed by atoms with Gasteiger partial charge in [0.25, 0.3) is 0 Å². The third kappa shape index (κ3) is 3.32.